The first-order valence-corrected chi connectivity index (χ1v) is 12.7. The number of anilines is 2. The zero-order valence-electron chi connectivity index (χ0n) is 21.7. The molecule has 0 spiro atoms. The van der Waals surface area contributed by atoms with Gasteiger partial charge in [0.15, 0.2) is 6.61 Å². The topological polar surface area (TPSA) is 145 Å². The van der Waals surface area contributed by atoms with E-state index in [1.807, 2.05) is 12.1 Å². The van der Waals surface area contributed by atoms with E-state index in [4.69, 9.17) is 15.2 Å². The maximum Gasteiger partial charge on any atom is 0.343 e. The van der Waals surface area contributed by atoms with Crippen LogP contribution in [0.2, 0.25) is 0 Å². The van der Waals surface area contributed by atoms with Crippen LogP contribution in [0.1, 0.15) is 48.0 Å². The molecular weight excluding hydrogens is 488 g/mol. The Morgan fingerprint density at radius 2 is 1.84 bits per heavy atom. The van der Waals surface area contributed by atoms with Crippen LogP contribution in [0.4, 0.5) is 11.4 Å². The predicted molar refractivity (Wildman–Crippen MR) is 144 cm³/mol. The number of benzene rings is 2. The lowest BCUT2D eigenvalue weighted by Crippen LogP contribution is -2.43. The number of methoxy groups -OCH3 is 2. The second-order valence-corrected chi connectivity index (χ2v) is 9.42. The van der Waals surface area contributed by atoms with Crippen LogP contribution in [0.25, 0.3) is 10.9 Å². The number of hydrogen-bond acceptors (Lipinski definition) is 8. The van der Waals surface area contributed by atoms with Crippen LogP contribution in [0.3, 0.4) is 0 Å². The van der Waals surface area contributed by atoms with Gasteiger partial charge in [-0.25, -0.2) is 9.59 Å². The largest absolute Gasteiger partial charge is 0.482 e. The highest BCUT2D eigenvalue weighted by Gasteiger charge is 2.25. The molecule has 10 heteroatoms. The number of aromatic amines is 1. The molecule has 1 aliphatic carbocycles. The van der Waals surface area contributed by atoms with E-state index in [-0.39, 0.29) is 13.0 Å². The van der Waals surface area contributed by atoms with Gasteiger partial charge in [-0.3, -0.25) is 4.79 Å². The highest BCUT2D eigenvalue weighted by atomic mass is 16.6. The molecule has 0 aliphatic heterocycles. The lowest BCUT2D eigenvalue weighted by molar-refractivity contribution is -0.143. The molecule has 2 aromatic carbocycles. The van der Waals surface area contributed by atoms with E-state index in [1.165, 1.54) is 33.5 Å². The molecule has 1 amide bonds. The molecule has 4 rings (SSSR count). The van der Waals surface area contributed by atoms with E-state index in [1.54, 1.807) is 30.5 Å². The third-order valence-corrected chi connectivity index (χ3v) is 6.82. The lowest BCUT2D eigenvalue weighted by Gasteiger charge is -2.24. The molecule has 1 aliphatic rings. The quantitative estimate of drug-likeness (QED) is 0.234. The van der Waals surface area contributed by atoms with Crippen molar-refractivity contribution in [2.45, 2.75) is 50.6 Å². The van der Waals surface area contributed by atoms with Gasteiger partial charge in [0.25, 0.3) is 5.91 Å². The fourth-order valence-corrected chi connectivity index (χ4v) is 4.72. The molecule has 38 heavy (non-hydrogen) atoms. The number of hydrogen-bond donors (Lipinski definition) is 4. The summed E-state index contributed by atoms with van der Waals surface area (Å²) in [5, 5.41) is 7.05. The van der Waals surface area contributed by atoms with Crippen LogP contribution in [0.5, 0.6) is 5.75 Å². The average Bonchev–Trinajstić information content (AvgIpc) is 3.34. The summed E-state index contributed by atoms with van der Waals surface area (Å²) >= 11 is 0. The van der Waals surface area contributed by atoms with Crippen molar-refractivity contribution < 1.29 is 28.6 Å². The predicted octanol–water partition coefficient (Wildman–Crippen LogP) is 3.56. The Kier molecular flexibility index (Phi) is 8.73. The van der Waals surface area contributed by atoms with E-state index in [0.29, 0.717) is 23.0 Å². The van der Waals surface area contributed by atoms with Crippen molar-refractivity contribution in [1.82, 2.24) is 10.3 Å². The fourth-order valence-electron chi connectivity index (χ4n) is 4.72. The number of nitrogens with two attached hydrogens (primary N) is 1. The number of carbonyl (C=O) groups excluding carboxylic acids is 3. The number of amides is 1. The summed E-state index contributed by atoms with van der Waals surface area (Å²) in [6.07, 6.45) is 7.81. The van der Waals surface area contributed by atoms with Crippen LogP contribution >= 0.6 is 0 Å². The number of ether oxygens (including phenoxy) is 3. The standard InChI is InChI=1S/C28H34N4O6/c1-36-26(33)16-38-20-9-11-23-21(14-20)18(15-30-23)13-25(28(35)37-2)32-27(34)17-8-10-24(22(29)12-17)31-19-6-4-3-5-7-19/h8-12,14-15,19,25,30-31H,3-7,13,16,29H2,1-2H3,(H,32,34). The number of nitrogen functional groups attached to an aromatic ring is 1. The van der Waals surface area contributed by atoms with Crippen molar-refractivity contribution in [2.75, 3.05) is 31.9 Å². The van der Waals surface area contributed by atoms with Crippen LogP contribution in [0, 0.1) is 0 Å². The Morgan fingerprint density at radius 1 is 1.05 bits per heavy atom. The van der Waals surface area contributed by atoms with Gasteiger partial charge in [-0.05, 0) is 54.8 Å². The summed E-state index contributed by atoms with van der Waals surface area (Å²) in [4.78, 5) is 40.3. The molecule has 5 N–H and O–H groups in total. The van der Waals surface area contributed by atoms with E-state index in [0.717, 1.165) is 35.0 Å². The van der Waals surface area contributed by atoms with Gasteiger partial charge in [-0.2, -0.15) is 0 Å². The van der Waals surface area contributed by atoms with E-state index < -0.39 is 23.9 Å². The summed E-state index contributed by atoms with van der Waals surface area (Å²) in [6.45, 7) is -0.222. The molecular formula is C28H34N4O6. The molecule has 1 heterocycles. The summed E-state index contributed by atoms with van der Waals surface area (Å²) in [5.41, 5.74) is 9.47. The van der Waals surface area contributed by atoms with Crippen molar-refractivity contribution in [3.8, 4) is 5.75 Å². The number of H-pyrrole nitrogens is 1. The number of nitrogens with one attached hydrogen (secondary N) is 3. The van der Waals surface area contributed by atoms with Crippen LogP contribution in [-0.2, 0) is 25.5 Å². The first-order valence-electron chi connectivity index (χ1n) is 12.7. The Hall–Kier alpha value is -4.21. The maximum atomic E-state index is 13.1. The number of esters is 2. The molecule has 3 aromatic rings. The third-order valence-electron chi connectivity index (χ3n) is 6.82. The van der Waals surface area contributed by atoms with Gasteiger partial charge in [0.1, 0.15) is 11.8 Å². The number of carbonyl (C=O) groups is 3. The molecule has 1 aromatic heterocycles. The maximum absolute atomic E-state index is 13.1. The molecule has 0 bridgehead atoms. The molecule has 0 radical (unpaired) electrons. The second-order valence-electron chi connectivity index (χ2n) is 9.42. The monoisotopic (exact) mass is 522 g/mol. The van der Waals surface area contributed by atoms with Crippen LogP contribution in [-0.4, -0.2) is 55.7 Å². The minimum absolute atomic E-state index is 0.176. The molecule has 1 atom stereocenters. The van der Waals surface area contributed by atoms with Gasteiger partial charge in [-0.1, -0.05) is 19.3 Å². The van der Waals surface area contributed by atoms with Gasteiger partial charge in [-0.15, -0.1) is 0 Å². The molecule has 1 fully saturated rings. The lowest BCUT2D eigenvalue weighted by atomic mass is 9.95. The van der Waals surface area contributed by atoms with Gasteiger partial charge in [0.2, 0.25) is 0 Å². The summed E-state index contributed by atoms with van der Waals surface area (Å²) < 4.78 is 15.1. The summed E-state index contributed by atoms with van der Waals surface area (Å²) in [5.74, 6) is -1.03. The van der Waals surface area contributed by atoms with Gasteiger partial charge in [0, 0.05) is 35.1 Å². The number of rotatable bonds is 10. The number of fused-ring (bicyclic) bond motifs is 1. The average molecular weight is 523 g/mol. The van der Waals surface area contributed by atoms with E-state index >= 15 is 0 Å². The Labute approximate surface area is 221 Å². The van der Waals surface area contributed by atoms with Crippen molar-refractivity contribution >= 4 is 40.1 Å². The molecule has 202 valence electrons. The smallest absolute Gasteiger partial charge is 0.343 e. The Bertz CT molecular complexity index is 1300. The van der Waals surface area contributed by atoms with Crippen molar-refractivity contribution in [2.24, 2.45) is 0 Å². The van der Waals surface area contributed by atoms with Gasteiger partial charge in [0.05, 0.1) is 25.6 Å². The first kappa shape index (κ1) is 26.8. The van der Waals surface area contributed by atoms with Crippen molar-refractivity contribution in [1.29, 1.82) is 0 Å². The zero-order chi connectivity index (χ0) is 27.1. The first-order chi connectivity index (χ1) is 18.4. The van der Waals surface area contributed by atoms with Crippen LogP contribution < -0.4 is 21.1 Å². The molecule has 1 saturated carbocycles. The molecule has 10 nitrogen and oxygen atoms in total. The zero-order valence-corrected chi connectivity index (χ0v) is 21.7. The van der Waals surface area contributed by atoms with E-state index in [9.17, 15) is 14.4 Å². The SMILES string of the molecule is COC(=O)COc1ccc2[nH]cc(CC(NC(=O)c3ccc(NC4CCCCC4)c(N)c3)C(=O)OC)c2c1. The normalized spacial score (nSPS) is 14.5. The summed E-state index contributed by atoms with van der Waals surface area (Å²) in [7, 11) is 2.57. The highest BCUT2D eigenvalue weighted by Crippen LogP contribution is 2.27. The fraction of sp³-hybridized carbons (Fsp3) is 0.393. The second kappa shape index (κ2) is 12.4. The Morgan fingerprint density at radius 3 is 2.55 bits per heavy atom. The van der Waals surface area contributed by atoms with Gasteiger partial charge < -0.3 is 35.6 Å². The molecule has 1 unspecified atom stereocenters. The minimum Gasteiger partial charge on any atom is -0.482 e. The number of aromatic nitrogens is 1. The third kappa shape index (κ3) is 6.56. The van der Waals surface area contributed by atoms with Crippen molar-refractivity contribution in [3.63, 3.8) is 0 Å². The van der Waals surface area contributed by atoms with Gasteiger partial charge >= 0.3 is 11.9 Å². The summed E-state index contributed by atoms with van der Waals surface area (Å²) in [6, 6.07) is 9.86. The Balaban J connectivity index is 1.47. The van der Waals surface area contributed by atoms with E-state index in [2.05, 4.69) is 20.4 Å². The molecule has 0 saturated heterocycles. The highest BCUT2D eigenvalue weighted by molar-refractivity contribution is 5.98. The van der Waals surface area contributed by atoms with Crippen molar-refractivity contribution in [3.05, 3.63) is 53.7 Å². The van der Waals surface area contributed by atoms with Crippen LogP contribution in [0.15, 0.2) is 42.6 Å². The minimum atomic E-state index is -0.938.